The van der Waals surface area contributed by atoms with Crippen LogP contribution in [0.2, 0.25) is 0 Å². The summed E-state index contributed by atoms with van der Waals surface area (Å²) in [5.41, 5.74) is 2.22. The first kappa shape index (κ1) is 19.5. The maximum atomic E-state index is 11.7. The molecule has 0 N–H and O–H groups in total. The summed E-state index contributed by atoms with van der Waals surface area (Å²) >= 11 is 1.29. The summed E-state index contributed by atoms with van der Waals surface area (Å²) in [5.74, 6) is 2.24. The topological polar surface area (TPSA) is 124 Å². The maximum Gasteiger partial charge on any atom is 0.277 e. The van der Waals surface area contributed by atoms with E-state index in [1.807, 2.05) is 30.3 Å². The summed E-state index contributed by atoms with van der Waals surface area (Å²) in [4.78, 5) is 13.4. The number of aryl methyl sites for hydroxylation is 1. The first-order valence-electron chi connectivity index (χ1n) is 9.75. The van der Waals surface area contributed by atoms with Crippen LogP contribution >= 0.6 is 11.8 Å². The largest absolute Gasteiger partial charge is 0.420 e. The molecule has 1 aliphatic heterocycles. The second kappa shape index (κ2) is 8.34. The quantitative estimate of drug-likeness (QED) is 0.396. The molecule has 11 heteroatoms. The van der Waals surface area contributed by atoms with Gasteiger partial charge in [-0.25, -0.2) is 0 Å². The van der Waals surface area contributed by atoms with Crippen LogP contribution in [-0.2, 0) is 17.1 Å². The van der Waals surface area contributed by atoms with E-state index >= 15 is 0 Å². The van der Waals surface area contributed by atoms with E-state index in [0.717, 1.165) is 18.5 Å². The Bertz CT molecular complexity index is 1200. The second-order valence-corrected chi connectivity index (χ2v) is 7.93. The maximum absolute atomic E-state index is 11.7. The summed E-state index contributed by atoms with van der Waals surface area (Å²) in [6.07, 6.45) is 1.44. The molecule has 1 aromatic carbocycles. The standard InChI is InChI=1S/C20H18N6O4S/c1-12-17(18(25-30-12)13-6-3-2-4-7-13)19-23-22-15(28-19)11-31-20-24-21-14(29-20)10-26-9-5-8-16(26)27/h2-4,6-7H,5,8-11H2,1H3. The molecule has 0 aliphatic carbocycles. The van der Waals surface area contributed by atoms with Crippen LogP contribution in [0, 0.1) is 6.92 Å². The lowest BCUT2D eigenvalue weighted by Crippen LogP contribution is -2.23. The molecular formula is C20H18N6O4S. The fraction of sp³-hybridized carbons (Fsp3) is 0.300. The molecule has 31 heavy (non-hydrogen) atoms. The Kier molecular flexibility index (Phi) is 5.24. The number of hydrogen-bond donors (Lipinski definition) is 0. The molecule has 1 amide bonds. The van der Waals surface area contributed by atoms with Gasteiger partial charge in [0.25, 0.3) is 11.1 Å². The highest BCUT2D eigenvalue weighted by molar-refractivity contribution is 7.98. The molecule has 4 aromatic rings. The fourth-order valence-electron chi connectivity index (χ4n) is 3.35. The number of aromatic nitrogens is 5. The van der Waals surface area contributed by atoms with Crippen molar-refractivity contribution in [2.45, 2.75) is 37.3 Å². The van der Waals surface area contributed by atoms with Gasteiger partial charge in [-0.15, -0.1) is 20.4 Å². The summed E-state index contributed by atoms with van der Waals surface area (Å²) in [5, 5.41) is 20.8. The van der Waals surface area contributed by atoms with E-state index in [-0.39, 0.29) is 5.91 Å². The van der Waals surface area contributed by atoms with Crippen molar-refractivity contribution in [2.24, 2.45) is 0 Å². The van der Waals surface area contributed by atoms with Crippen molar-refractivity contribution in [3.63, 3.8) is 0 Å². The normalized spacial score (nSPS) is 14.0. The van der Waals surface area contributed by atoms with Gasteiger partial charge in [0, 0.05) is 18.5 Å². The highest BCUT2D eigenvalue weighted by Gasteiger charge is 2.24. The minimum Gasteiger partial charge on any atom is -0.420 e. The van der Waals surface area contributed by atoms with E-state index in [1.165, 1.54) is 11.8 Å². The van der Waals surface area contributed by atoms with Crippen LogP contribution in [0.1, 0.15) is 30.4 Å². The van der Waals surface area contributed by atoms with Crippen molar-refractivity contribution in [1.29, 1.82) is 0 Å². The molecular weight excluding hydrogens is 420 g/mol. The van der Waals surface area contributed by atoms with Crippen molar-refractivity contribution in [3.05, 3.63) is 47.9 Å². The Morgan fingerprint density at radius 2 is 1.90 bits per heavy atom. The molecule has 5 rings (SSSR count). The van der Waals surface area contributed by atoms with E-state index in [2.05, 4.69) is 25.6 Å². The van der Waals surface area contributed by atoms with E-state index in [0.29, 0.717) is 58.6 Å². The van der Waals surface area contributed by atoms with Crippen LogP contribution in [0.3, 0.4) is 0 Å². The zero-order chi connectivity index (χ0) is 21.2. The Labute approximate surface area is 181 Å². The molecule has 3 aromatic heterocycles. The lowest BCUT2D eigenvalue weighted by Gasteiger charge is -2.11. The molecule has 1 saturated heterocycles. The number of likely N-dealkylation sites (tertiary alicyclic amines) is 1. The average Bonchev–Trinajstić information content (AvgIpc) is 3.57. The number of benzene rings is 1. The lowest BCUT2D eigenvalue weighted by molar-refractivity contribution is -0.128. The third kappa shape index (κ3) is 4.08. The molecule has 0 bridgehead atoms. The molecule has 0 saturated carbocycles. The van der Waals surface area contributed by atoms with Gasteiger partial charge in [-0.1, -0.05) is 47.3 Å². The highest BCUT2D eigenvalue weighted by Crippen LogP contribution is 2.34. The van der Waals surface area contributed by atoms with Gasteiger partial charge < -0.3 is 18.3 Å². The van der Waals surface area contributed by atoms with Crippen LogP contribution in [0.4, 0.5) is 0 Å². The van der Waals surface area contributed by atoms with E-state index in [1.54, 1.807) is 11.8 Å². The van der Waals surface area contributed by atoms with Crippen molar-refractivity contribution in [1.82, 2.24) is 30.5 Å². The highest BCUT2D eigenvalue weighted by atomic mass is 32.2. The number of thioether (sulfide) groups is 1. The third-order valence-electron chi connectivity index (χ3n) is 4.86. The first-order valence-corrected chi connectivity index (χ1v) is 10.7. The summed E-state index contributed by atoms with van der Waals surface area (Å²) in [6.45, 7) is 2.87. The Morgan fingerprint density at radius 1 is 1.06 bits per heavy atom. The Morgan fingerprint density at radius 3 is 2.71 bits per heavy atom. The van der Waals surface area contributed by atoms with Gasteiger partial charge in [0.1, 0.15) is 17.0 Å². The molecule has 158 valence electrons. The summed E-state index contributed by atoms with van der Waals surface area (Å²) in [6, 6.07) is 9.67. The van der Waals surface area contributed by atoms with Gasteiger partial charge in [-0.05, 0) is 13.3 Å². The number of rotatable bonds is 7. The van der Waals surface area contributed by atoms with Gasteiger partial charge in [0.2, 0.25) is 17.7 Å². The molecule has 0 spiro atoms. The minimum atomic E-state index is 0.115. The fourth-order valence-corrected chi connectivity index (χ4v) is 3.97. The van der Waals surface area contributed by atoms with E-state index in [9.17, 15) is 4.79 Å². The van der Waals surface area contributed by atoms with Crippen LogP contribution in [-0.4, -0.2) is 42.9 Å². The smallest absolute Gasteiger partial charge is 0.277 e. The molecule has 1 fully saturated rings. The Balaban J connectivity index is 1.26. The minimum absolute atomic E-state index is 0.115. The zero-order valence-corrected chi connectivity index (χ0v) is 17.5. The number of carbonyl (C=O) groups excluding carboxylic acids is 1. The van der Waals surface area contributed by atoms with Crippen molar-refractivity contribution in [2.75, 3.05) is 6.54 Å². The van der Waals surface area contributed by atoms with Crippen LogP contribution in [0.15, 0.2) is 48.9 Å². The molecule has 0 radical (unpaired) electrons. The monoisotopic (exact) mass is 438 g/mol. The molecule has 1 aliphatic rings. The Hall–Kier alpha value is -3.47. The van der Waals surface area contributed by atoms with Gasteiger partial charge in [-0.3, -0.25) is 4.79 Å². The van der Waals surface area contributed by atoms with Gasteiger partial charge >= 0.3 is 0 Å². The number of nitrogens with zero attached hydrogens (tertiary/aromatic N) is 6. The lowest BCUT2D eigenvalue weighted by atomic mass is 10.1. The predicted molar refractivity (Wildman–Crippen MR) is 108 cm³/mol. The third-order valence-corrected chi connectivity index (χ3v) is 5.66. The van der Waals surface area contributed by atoms with Crippen LogP contribution in [0.5, 0.6) is 0 Å². The van der Waals surface area contributed by atoms with Gasteiger partial charge in [-0.2, -0.15) is 0 Å². The SMILES string of the molecule is Cc1onc(-c2ccccc2)c1-c1nnc(CSc2nnc(CN3CCCC3=O)o2)o1. The average molecular weight is 438 g/mol. The first-order chi connectivity index (χ1) is 15.2. The number of hydrogen-bond acceptors (Lipinski definition) is 10. The van der Waals surface area contributed by atoms with Crippen molar-refractivity contribution in [3.8, 4) is 22.7 Å². The molecule has 0 atom stereocenters. The van der Waals surface area contributed by atoms with Gasteiger partial charge in [0.05, 0.1) is 12.3 Å². The zero-order valence-electron chi connectivity index (χ0n) is 16.6. The molecule has 4 heterocycles. The second-order valence-electron chi connectivity index (χ2n) is 7.00. The van der Waals surface area contributed by atoms with E-state index in [4.69, 9.17) is 13.4 Å². The number of carbonyl (C=O) groups is 1. The van der Waals surface area contributed by atoms with Crippen molar-refractivity contribution < 1.29 is 18.2 Å². The molecule has 10 nitrogen and oxygen atoms in total. The van der Waals surface area contributed by atoms with Crippen LogP contribution in [0.25, 0.3) is 22.7 Å². The van der Waals surface area contributed by atoms with Crippen LogP contribution < -0.4 is 0 Å². The summed E-state index contributed by atoms with van der Waals surface area (Å²) < 4.78 is 16.8. The summed E-state index contributed by atoms with van der Waals surface area (Å²) in [7, 11) is 0. The van der Waals surface area contributed by atoms with Gasteiger partial charge in [0.15, 0.2) is 0 Å². The number of amides is 1. The predicted octanol–water partition coefficient (Wildman–Crippen LogP) is 3.50. The van der Waals surface area contributed by atoms with E-state index < -0.39 is 0 Å². The van der Waals surface area contributed by atoms with Crippen molar-refractivity contribution >= 4 is 17.7 Å². The molecule has 0 unspecified atom stereocenters.